The summed E-state index contributed by atoms with van der Waals surface area (Å²) < 4.78 is 4.47. The van der Waals surface area contributed by atoms with Crippen molar-refractivity contribution in [1.82, 2.24) is 24.9 Å². The molecule has 6 nitrogen and oxygen atoms in total. The first-order valence-corrected chi connectivity index (χ1v) is 5.26. The van der Waals surface area contributed by atoms with Crippen LogP contribution in [-0.2, 0) is 6.42 Å². The van der Waals surface area contributed by atoms with Crippen LogP contribution in [0.15, 0.2) is 54.5 Å². The van der Waals surface area contributed by atoms with Crippen molar-refractivity contribution in [2.24, 2.45) is 0 Å². The first kappa shape index (κ1) is 11.8. The van der Waals surface area contributed by atoms with Crippen LogP contribution >= 0.6 is 0 Å². The van der Waals surface area contributed by atoms with Crippen LogP contribution in [0.5, 0.6) is 0 Å². The van der Waals surface area contributed by atoms with E-state index in [-0.39, 0.29) is 0 Å². The molecule has 0 atom stereocenters. The molecule has 0 aromatic carbocycles. The van der Waals surface area contributed by atoms with Gasteiger partial charge in [-0.3, -0.25) is 0 Å². The maximum absolute atomic E-state index is 4.47. The Labute approximate surface area is 103 Å². The number of nitrogens with zero attached hydrogens (tertiary/aromatic N) is 5. The highest BCUT2D eigenvalue weighted by atomic mass is 16.3. The van der Waals surface area contributed by atoms with E-state index in [0.717, 1.165) is 11.3 Å². The van der Waals surface area contributed by atoms with Gasteiger partial charge in [-0.1, -0.05) is 6.08 Å². The zero-order valence-electron chi connectivity index (χ0n) is 9.60. The van der Waals surface area contributed by atoms with Gasteiger partial charge in [-0.2, -0.15) is 0 Å². The van der Waals surface area contributed by atoms with Crippen LogP contribution in [0.3, 0.4) is 0 Å². The van der Waals surface area contributed by atoms with Gasteiger partial charge in [-0.15, -0.1) is 6.58 Å². The van der Waals surface area contributed by atoms with E-state index in [2.05, 4.69) is 35.9 Å². The fraction of sp³-hybridized carbons (Fsp3) is 0.0833. The van der Waals surface area contributed by atoms with Gasteiger partial charge in [0, 0.05) is 18.8 Å². The van der Waals surface area contributed by atoms with Crippen LogP contribution in [0.25, 0.3) is 11.2 Å². The average Bonchev–Trinajstić information content (AvgIpc) is 2.98. The smallest absolute Gasteiger partial charge is 0.181 e. The summed E-state index contributed by atoms with van der Waals surface area (Å²) in [6.07, 6.45) is 11.8. The van der Waals surface area contributed by atoms with E-state index >= 15 is 0 Å². The lowest BCUT2D eigenvalue weighted by molar-refractivity contribution is 0.558. The standard InChI is InChI=1S/C9H8N4.C3H3NO/c1-2-3-8-12-6-7-9(13-8)11-5-4-10-7;1-2-5-3-4-1/h2,4-6H,1,3H2;1-3H. The number of oxazole rings is 1. The van der Waals surface area contributed by atoms with Crippen LogP contribution in [0, 0.1) is 0 Å². The number of aromatic nitrogens is 5. The second kappa shape index (κ2) is 6.19. The summed E-state index contributed by atoms with van der Waals surface area (Å²) in [5, 5.41) is 0. The van der Waals surface area contributed by atoms with E-state index < -0.39 is 0 Å². The third kappa shape index (κ3) is 3.18. The Kier molecular flexibility index (Phi) is 4.07. The third-order valence-electron chi connectivity index (χ3n) is 1.95. The van der Waals surface area contributed by atoms with Gasteiger partial charge >= 0.3 is 0 Å². The average molecular weight is 241 g/mol. The van der Waals surface area contributed by atoms with Crippen molar-refractivity contribution in [3.05, 3.63) is 55.9 Å². The lowest BCUT2D eigenvalue weighted by Gasteiger charge is -1.96. The molecule has 3 rings (SSSR count). The molecule has 0 aliphatic heterocycles. The number of hydrogen-bond acceptors (Lipinski definition) is 6. The Bertz CT molecular complexity index is 591. The van der Waals surface area contributed by atoms with Crippen molar-refractivity contribution in [3.8, 4) is 0 Å². The van der Waals surface area contributed by atoms with E-state index in [9.17, 15) is 0 Å². The van der Waals surface area contributed by atoms with Crippen molar-refractivity contribution in [1.29, 1.82) is 0 Å². The molecule has 0 N–H and O–H groups in total. The molecule has 0 radical (unpaired) electrons. The van der Waals surface area contributed by atoms with Gasteiger partial charge in [0.2, 0.25) is 0 Å². The summed E-state index contributed by atoms with van der Waals surface area (Å²) in [4.78, 5) is 20.0. The van der Waals surface area contributed by atoms with Crippen molar-refractivity contribution in [2.75, 3.05) is 0 Å². The van der Waals surface area contributed by atoms with Crippen LogP contribution in [0.2, 0.25) is 0 Å². The van der Waals surface area contributed by atoms with Crippen LogP contribution in [0.1, 0.15) is 5.82 Å². The van der Waals surface area contributed by atoms with Crippen LogP contribution in [0.4, 0.5) is 0 Å². The second-order valence-corrected chi connectivity index (χ2v) is 3.22. The normalized spacial score (nSPS) is 9.56. The van der Waals surface area contributed by atoms with E-state index in [4.69, 9.17) is 0 Å². The summed E-state index contributed by atoms with van der Waals surface area (Å²) in [7, 11) is 0. The minimum Gasteiger partial charge on any atom is -0.452 e. The SMILES string of the molecule is C=CCc1ncc2nccnc2n1.c1cocn1. The van der Waals surface area contributed by atoms with Crippen molar-refractivity contribution in [3.63, 3.8) is 0 Å². The lowest BCUT2D eigenvalue weighted by Crippen LogP contribution is -1.95. The van der Waals surface area contributed by atoms with Gasteiger partial charge in [-0.05, 0) is 0 Å². The number of hydrogen-bond donors (Lipinski definition) is 0. The first-order chi connectivity index (χ1) is 8.90. The second-order valence-electron chi connectivity index (χ2n) is 3.22. The van der Waals surface area contributed by atoms with Gasteiger partial charge in [0.05, 0.1) is 12.4 Å². The molecule has 0 fully saturated rings. The Morgan fingerprint density at radius 2 is 2.06 bits per heavy atom. The minimum atomic E-state index is 0.634. The van der Waals surface area contributed by atoms with Gasteiger partial charge in [0.15, 0.2) is 12.0 Å². The highest BCUT2D eigenvalue weighted by molar-refractivity contribution is 5.67. The van der Waals surface area contributed by atoms with Crippen molar-refractivity contribution >= 4 is 11.2 Å². The van der Waals surface area contributed by atoms with Crippen molar-refractivity contribution in [2.45, 2.75) is 6.42 Å². The van der Waals surface area contributed by atoms with Gasteiger partial charge in [0.25, 0.3) is 0 Å². The fourth-order valence-electron chi connectivity index (χ4n) is 1.21. The summed E-state index contributed by atoms with van der Waals surface area (Å²) in [6.45, 7) is 3.62. The maximum atomic E-state index is 4.47. The Morgan fingerprint density at radius 3 is 2.72 bits per heavy atom. The van der Waals surface area contributed by atoms with Crippen LogP contribution in [-0.4, -0.2) is 24.9 Å². The van der Waals surface area contributed by atoms with Gasteiger partial charge < -0.3 is 4.42 Å². The molecule has 6 heteroatoms. The predicted molar refractivity (Wildman–Crippen MR) is 65.5 cm³/mol. The summed E-state index contributed by atoms with van der Waals surface area (Å²) in [5.74, 6) is 0.725. The fourth-order valence-corrected chi connectivity index (χ4v) is 1.21. The molecule has 0 bridgehead atoms. The molecule has 0 spiro atoms. The Hall–Kier alpha value is -2.63. The molecular weight excluding hydrogens is 230 g/mol. The van der Waals surface area contributed by atoms with Crippen molar-refractivity contribution < 1.29 is 4.42 Å². The molecule has 0 saturated heterocycles. The molecule has 90 valence electrons. The molecule has 0 amide bonds. The summed E-state index contributed by atoms with van der Waals surface area (Å²) in [5.41, 5.74) is 1.35. The number of fused-ring (bicyclic) bond motifs is 1. The number of rotatable bonds is 2. The highest BCUT2D eigenvalue weighted by Gasteiger charge is 1.98. The minimum absolute atomic E-state index is 0.634. The largest absolute Gasteiger partial charge is 0.452 e. The lowest BCUT2D eigenvalue weighted by atomic mass is 10.4. The molecule has 0 saturated carbocycles. The molecule has 3 aromatic rings. The van der Waals surface area contributed by atoms with E-state index in [1.807, 2.05) is 0 Å². The van der Waals surface area contributed by atoms with Gasteiger partial charge in [-0.25, -0.2) is 24.9 Å². The Balaban J connectivity index is 0.000000202. The zero-order valence-corrected chi connectivity index (χ0v) is 9.60. The van der Waals surface area contributed by atoms with E-state index in [1.54, 1.807) is 30.9 Å². The topological polar surface area (TPSA) is 77.6 Å². The summed E-state index contributed by atoms with van der Waals surface area (Å²) in [6, 6.07) is 0. The summed E-state index contributed by atoms with van der Waals surface area (Å²) >= 11 is 0. The Morgan fingerprint density at radius 1 is 1.17 bits per heavy atom. The molecule has 18 heavy (non-hydrogen) atoms. The number of allylic oxidation sites excluding steroid dienone is 1. The van der Waals surface area contributed by atoms with E-state index in [0.29, 0.717) is 12.1 Å². The predicted octanol–water partition coefficient (Wildman–Crippen LogP) is 1.82. The van der Waals surface area contributed by atoms with Gasteiger partial charge in [0.1, 0.15) is 17.6 Å². The third-order valence-corrected chi connectivity index (χ3v) is 1.95. The molecule has 0 aliphatic carbocycles. The molecule has 0 aliphatic rings. The first-order valence-electron chi connectivity index (χ1n) is 5.26. The van der Waals surface area contributed by atoms with E-state index in [1.165, 1.54) is 12.7 Å². The van der Waals surface area contributed by atoms with Crippen LogP contribution < -0.4 is 0 Å². The molecule has 0 unspecified atom stereocenters. The zero-order chi connectivity index (χ0) is 12.6. The maximum Gasteiger partial charge on any atom is 0.181 e. The quantitative estimate of drug-likeness (QED) is 0.637. The molecule has 3 aromatic heterocycles. The molecular formula is C12H11N5O. The molecule has 3 heterocycles. The highest BCUT2D eigenvalue weighted by Crippen LogP contribution is 2.03. The monoisotopic (exact) mass is 241 g/mol.